The summed E-state index contributed by atoms with van der Waals surface area (Å²) in [5.41, 5.74) is 3.56. The molecule has 0 fully saturated rings. The summed E-state index contributed by atoms with van der Waals surface area (Å²) in [6.07, 6.45) is 0.565. The number of benzene rings is 1. The number of carbonyl (C=O) groups excluding carboxylic acids is 1. The molecular formula is C15H19N3O2. The minimum Gasteiger partial charge on any atom is -0.396 e. The van der Waals surface area contributed by atoms with Crippen molar-refractivity contribution >= 4 is 5.91 Å². The third kappa shape index (κ3) is 3.24. The SMILES string of the molecule is Cc1cc(C)n(-c2ccc(C(=O)NCCCO)cc2)n1. The molecule has 0 radical (unpaired) electrons. The normalized spacial score (nSPS) is 10.6. The van der Waals surface area contributed by atoms with Crippen LogP contribution in [0.2, 0.25) is 0 Å². The van der Waals surface area contributed by atoms with Gasteiger partial charge in [0.2, 0.25) is 0 Å². The number of nitrogens with one attached hydrogen (secondary N) is 1. The van der Waals surface area contributed by atoms with Crippen molar-refractivity contribution in [3.63, 3.8) is 0 Å². The van der Waals surface area contributed by atoms with Crippen LogP contribution in [0.3, 0.4) is 0 Å². The lowest BCUT2D eigenvalue weighted by Crippen LogP contribution is -2.24. The number of aryl methyl sites for hydroxylation is 2. The Labute approximate surface area is 118 Å². The van der Waals surface area contributed by atoms with Gasteiger partial charge in [-0.15, -0.1) is 0 Å². The molecule has 2 N–H and O–H groups in total. The highest BCUT2D eigenvalue weighted by Gasteiger charge is 2.07. The molecule has 0 aliphatic heterocycles. The summed E-state index contributed by atoms with van der Waals surface area (Å²) in [5.74, 6) is -0.127. The molecule has 5 heteroatoms. The smallest absolute Gasteiger partial charge is 0.251 e. The van der Waals surface area contributed by atoms with Crippen molar-refractivity contribution in [1.82, 2.24) is 15.1 Å². The van der Waals surface area contributed by atoms with Gasteiger partial charge in [0.25, 0.3) is 5.91 Å². The van der Waals surface area contributed by atoms with Gasteiger partial charge >= 0.3 is 0 Å². The zero-order chi connectivity index (χ0) is 14.5. The zero-order valence-electron chi connectivity index (χ0n) is 11.8. The van der Waals surface area contributed by atoms with Gasteiger partial charge in [0.1, 0.15) is 0 Å². The fourth-order valence-corrected chi connectivity index (χ4v) is 2.03. The molecule has 0 atom stereocenters. The molecule has 1 heterocycles. The molecule has 0 saturated carbocycles. The van der Waals surface area contributed by atoms with Gasteiger partial charge in [-0.2, -0.15) is 5.10 Å². The van der Waals surface area contributed by atoms with Gasteiger partial charge in [-0.3, -0.25) is 4.79 Å². The molecule has 0 unspecified atom stereocenters. The van der Waals surface area contributed by atoms with E-state index in [-0.39, 0.29) is 12.5 Å². The van der Waals surface area contributed by atoms with Crippen LogP contribution in [0.1, 0.15) is 28.2 Å². The van der Waals surface area contributed by atoms with E-state index in [1.54, 1.807) is 12.1 Å². The van der Waals surface area contributed by atoms with E-state index in [0.717, 1.165) is 17.1 Å². The number of amides is 1. The van der Waals surface area contributed by atoms with E-state index in [0.29, 0.717) is 18.5 Å². The molecule has 0 aliphatic rings. The van der Waals surface area contributed by atoms with Gasteiger partial charge in [-0.1, -0.05) is 0 Å². The van der Waals surface area contributed by atoms with Crippen LogP contribution in [-0.2, 0) is 0 Å². The highest BCUT2D eigenvalue weighted by molar-refractivity contribution is 5.94. The number of nitrogens with zero attached hydrogens (tertiary/aromatic N) is 2. The second-order valence-electron chi connectivity index (χ2n) is 4.72. The Hall–Kier alpha value is -2.14. The van der Waals surface area contributed by atoms with Crippen molar-refractivity contribution < 1.29 is 9.90 Å². The molecule has 106 valence electrons. The number of aliphatic hydroxyl groups is 1. The van der Waals surface area contributed by atoms with Crippen LogP contribution in [0.25, 0.3) is 5.69 Å². The lowest BCUT2D eigenvalue weighted by molar-refractivity contribution is 0.0951. The molecule has 5 nitrogen and oxygen atoms in total. The molecule has 0 spiro atoms. The Balaban J connectivity index is 2.10. The Bertz CT molecular complexity index is 588. The summed E-state index contributed by atoms with van der Waals surface area (Å²) in [6, 6.07) is 9.32. The average Bonchev–Trinajstić information content (AvgIpc) is 2.78. The maximum absolute atomic E-state index is 11.8. The van der Waals surface area contributed by atoms with E-state index in [4.69, 9.17) is 5.11 Å². The largest absolute Gasteiger partial charge is 0.396 e. The first-order valence-electron chi connectivity index (χ1n) is 6.64. The second kappa shape index (κ2) is 6.34. The van der Waals surface area contributed by atoms with Crippen LogP contribution in [0.5, 0.6) is 0 Å². The summed E-state index contributed by atoms with van der Waals surface area (Å²) < 4.78 is 1.85. The Morgan fingerprint density at radius 3 is 2.55 bits per heavy atom. The van der Waals surface area contributed by atoms with Crippen molar-refractivity contribution in [3.8, 4) is 5.69 Å². The van der Waals surface area contributed by atoms with Gasteiger partial charge in [0.15, 0.2) is 0 Å². The first-order chi connectivity index (χ1) is 9.61. The summed E-state index contributed by atoms with van der Waals surface area (Å²) in [5, 5.41) is 15.8. The van der Waals surface area contributed by atoms with Crippen molar-refractivity contribution in [2.45, 2.75) is 20.3 Å². The number of carbonyl (C=O) groups is 1. The summed E-state index contributed by atoms with van der Waals surface area (Å²) in [6.45, 7) is 4.51. The lowest BCUT2D eigenvalue weighted by atomic mass is 10.2. The van der Waals surface area contributed by atoms with Gasteiger partial charge in [0, 0.05) is 24.4 Å². The van der Waals surface area contributed by atoms with Crippen LogP contribution in [-0.4, -0.2) is 33.9 Å². The van der Waals surface area contributed by atoms with E-state index in [2.05, 4.69) is 10.4 Å². The maximum atomic E-state index is 11.8. The third-order valence-corrected chi connectivity index (χ3v) is 3.00. The average molecular weight is 273 g/mol. The molecule has 2 aromatic rings. The Morgan fingerprint density at radius 2 is 2.00 bits per heavy atom. The maximum Gasteiger partial charge on any atom is 0.251 e. The summed E-state index contributed by atoms with van der Waals surface area (Å²) >= 11 is 0. The van der Waals surface area contributed by atoms with Gasteiger partial charge in [0.05, 0.1) is 11.4 Å². The first-order valence-corrected chi connectivity index (χ1v) is 6.64. The highest BCUT2D eigenvalue weighted by atomic mass is 16.3. The summed E-state index contributed by atoms with van der Waals surface area (Å²) in [4.78, 5) is 11.8. The first kappa shape index (κ1) is 14.3. The number of aliphatic hydroxyl groups excluding tert-OH is 1. The molecule has 20 heavy (non-hydrogen) atoms. The second-order valence-corrected chi connectivity index (χ2v) is 4.72. The van der Waals surface area contributed by atoms with Crippen LogP contribution in [0.15, 0.2) is 30.3 Å². The van der Waals surface area contributed by atoms with Crippen LogP contribution < -0.4 is 5.32 Å². The topological polar surface area (TPSA) is 67.2 Å². The molecular weight excluding hydrogens is 254 g/mol. The van der Waals surface area contributed by atoms with Crippen molar-refractivity contribution in [2.24, 2.45) is 0 Å². The standard InChI is InChI=1S/C15H19N3O2/c1-11-10-12(2)18(17-11)14-6-4-13(5-7-14)15(20)16-8-3-9-19/h4-7,10,19H,3,8-9H2,1-2H3,(H,16,20). The quantitative estimate of drug-likeness (QED) is 0.813. The van der Waals surface area contributed by atoms with Crippen molar-refractivity contribution in [1.29, 1.82) is 0 Å². The van der Waals surface area contributed by atoms with Crippen LogP contribution in [0, 0.1) is 13.8 Å². The fraction of sp³-hybridized carbons (Fsp3) is 0.333. The number of aromatic nitrogens is 2. The van der Waals surface area contributed by atoms with E-state index in [9.17, 15) is 4.79 Å². The van der Waals surface area contributed by atoms with Crippen molar-refractivity contribution in [3.05, 3.63) is 47.3 Å². The zero-order valence-corrected chi connectivity index (χ0v) is 11.8. The molecule has 1 aromatic carbocycles. The van der Waals surface area contributed by atoms with E-state index in [1.165, 1.54) is 0 Å². The number of hydrogen-bond donors (Lipinski definition) is 2. The summed E-state index contributed by atoms with van der Waals surface area (Å²) in [7, 11) is 0. The number of hydrogen-bond acceptors (Lipinski definition) is 3. The van der Waals surface area contributed by atoms with Gasteiger partial charge in [-0.25, -0.2) is 4.68 Å². The van der Waals surface area contributed by atoms with Gasteiger partial charge < -0.3 is 10.4 Å². The minimum absolute atomic E-state index is 0.0805. The van der Waals surface area contributed by atoms with Crippen LogP contribution in [0.4, 0.5) is 0 Å². The molecule has 0 bridgehead atoms. The van der Waals surface area contributed by atoms with E-state index < -0.39 is 0 Å². The van der Waals surface area contributed by atoms with E-state index in [1.807, 2.05) is 36.7 Å². The Morgan fingerprint density at radius 1 is 1.30 bits per heavy atom. The molecule has 1 amide bonds. The van der Waals surface area contributed by atoms with E-state index >= 15 is 0 Å². The fourth-order valence-electron chi connectivity index (χ4n) is 2.03. The van der Waals surface area contributed by atoms with Crippen molar-refractivity contribution in [2.75, 3.05) is 13.2 Å². The molecule has 0 aliphatic carbocycles. The molecule has 2 rings (SSSR count). The lowest BCUT2D eigenvalue weighted by Gasteiger charge is -2.07. The Kier molecular flexibility index (Phi) is 4.53. The molecule has 1 aromatic heterocycles. The predicted molar refractivity (Wildman–Crippen MR) is 77.1 cm³/mol. The predicted octanol–water partition coefficient (Wildman–Crippen LogP) is 1.60. The highest BCUT2D eigenvalue weighted by Crippen LogP contribution is 2.13. The number of rotatable bonds is 5. The third-order valence-electron chi connectivity index (χ3n) is 3.00. The molecule has 0 saturated heterocycles. The monoisotopic (exact) mass is 273 g/mol. The van der Waals surface area contributed by atoms with Gasteiger partial charge in [-0.05, 0) is 50.6 Å². The minimum atomic E-state index is -0.127. The van der Waals surface area contributed by atoms with Crippen LogP contribution >= 0.6 is 0 Å².